The summed E-state index contributed by atoms with van der Waals surface area (Å²) in [5, 5.41) is 20.7. The monoisotopic (exact) mass is 356 g/mol. The van der Waals surface area contributed by atoms with Crippen molar-refractivity contribution in [3.8, 4) is 5.75 Å². The molecule has 1 aromatic heterocycles. The van der Waals surface area contributed by atoms with Gasteiger partial charge in [-0.05, 0) is 41.5 Å². The zero-order valence-electron chi connectivity index (χ0n) is 14.3. The number of hydrogen-bond donors (Lipinski definition) is 2. The Balaban J connectivity index is 1.58. The number of allylic oxidation sites excluding steroid dienone is 2. The fourth-order valence-electron chi connectivity index (χ4n) is 3.01. The Morgan fingerprint density at radius 1 is 0.815 bits per heavy atom. The van der Waals surface area contributed by atoms with Gasteiger partial charge in [0, 0.05) is 10.8 Å². The first-order valence-electron chi connectivity index (χ1n) is 8.44. The van der Waals surface area contributed by atoms with Crippen LogP contribution in [-0.2, 0) is 0 Å². The minimum atomic E-state index is -1.15. The minimum absolute atomic E-state index is 0.113. The normalized spacial score (nSPS) is 11.9. The van der Waals surface area contributed by atoms with Gasteiger partial charge < -0.3 is 14.6 Å². The lowest BCUT2D eigenvalue weighted by Gasteiger charge is -2.00. The molecule has 1 heterocycles. The van der Waals surface area contributed by atoms with Crippen LogP contribution in [0.2, 0.25) is 0 Å². The number of phenols is 1. The molecule has 0 saturated carbocycles. The fraction of sp³-hybridized carbons (Fsp3) is 0. The van der Waals surface area contributed by atoms with Gasteiger partial charge in [0.1, 0.15) is 22.5 Å². The van der Waals surface area contributed by atoms with Gasteiger partial charge in [-0.15, -0.1) is 0 Å². The van der Waals surface area contributed by atoms with Crippen LogP contribution in [0.25, 0.3) is 34.1 Å². The zero-order chi connectivity index (χ0) is 18.8. The predicted octanol–water partition coefficient (Wildman–Crippen LogP) is 5.72. The van der Waals surface area contributed by atoms with Crippen molar-refractivity contribution in [3.05, 3.63) is 89.5 Å². The molecule has 0 spiro atoms. The van der Waals surface area contributed by atoms with E-state index in [0.717, 1.165) is 27.5 Å². The molecule has 0 bridgehead atoms. The van der Waals surface area contributed by atoms with E-state index >= 15 is 0 Å². The quantitative estimate of drug-likeness (QED) is 0.459. The van der Waals surface area contributed by atoms with Crippen LogP contribution in [0.1, 0.15) is 21.5 Å². The van der Waals surface area contributed by atoms with Gasteiger partial charge in [-0.1, -0.05) is 54.6 Å². The Labute approximate surface area is 155 Å². The second kappa shape index (κ2) is 6.84. The number of fused-ring (bicyclic) bond motifs is 3. The number of rotatable bonds is 4. The van der Waals surface area contributed by atoms with E-state index in [-0.39, 0.29) is 11.3 Å². The lowest BCUT2D eigenvalue weighted by molar-refractivity contribution is 0.0693. The molecule has 0 saturated heterocycles. The van der Waals surface area contributed by atoms with Crippen LogP contribution in [0, 0.1) is 0 Å². The Morgan fingerprint density at radius 2 is 1.48 bits per heavy atom. The number of furan rings is 1. The van der Waals surface area contributed by atoms with E-state index in [1.54, 1.807) is 12.1 Å². The van der Waals surface area contributed by atoms with Gasteiger partial charge in [-0.25, -0.2) is 4.79 Å². The van der Waals surface area contributed by atoms with Crippen LogP contribution in [0.4, 0.5) is 0 Å². The topological polar surface area (TPSA) is 70.7 Å². The number of aromatic hydroxyl groups is 1. The molecule has 27 heavy (non-hydrogen) atoms. The van der Waals surface area contributed by atoms with Crippen molar-refractivity contribution in [2.75, 3.05) is 0 Å². The number of benzene rings is 3. The number of carboxylic acids is 1. The van der Waals surface area contributed by atoms with Crippen molar-refractivity contribution >= 4 is 40.1 Å². The zero-order valence-corrected chi connectivity index (χ0v) is 14.3. The van der Waals surface area contributed by atoms with E-state index in [2.05, 4.69) is 6.07 Å². The van der Waals surface area contributed by atoms with Crippen molar-refractivity contribution in [3.63, 3.8) is 0 Å². The number of carboxylic acid groups (broad SMARTS) is 1. The first-order chi connectivity index (χ1) is 13.1. The first-order valence-corrected chi connectivity index (χ1v) is 8.44. The maximum absolute atomic E-state index is 11.1. The molecule has 0 amide bonds. The number of aromatic carboxylic acids is 1. The average molecular weight is 356 g/mol. The molecular weight excluding hydrogens is 340 g/mol. The second-order valence-corrected chi connectivity index (χ2v) is 6.15. The maximum Gasteiger partial charge on any atom is 0.339 e. The number of hydrogen-bond acceptors (Lipinski definition) is 3. The highest BCUT2D eigenvalue weighted by Crippen LogP contribution is 2.29. The van der Waals surface area contributed by atoms with Crippen molar-refractivity contribution in [2.24, 2.45) is 0 Å². The van der Waals surface area contributed by atoms with E-state index in [0.29, 0.717) is 5.56 Å². The molecule has 2 N–H and O–H groups in total. The Morgan fingerprint density at radius 3 is 2.26 bits per heavy atom. The summed E-state index contributed by atoms with van der Waals surface area (Å²) in [5.41, 5.74) is 3.35. The molecule has 4 rings (SSSR count). The first kappa shape index (κ1) is 16.7. The molecule has 3 aromatic carbocycles. The lowest BCUT2D eigenvalue weighted by atomic mass is 10.1. The van der Waals surface area contributed by atoms with E-state index in [4.69, 9.17) is 9.52 Å². The molecular formula is C23H16O4. The van der Waals surface area contributed by atoms with Gasteiger partial charge in [-0.3, -0.25) is 0 Å². The molecule has 0 atom stereocenters. The second-order valence-electron chi connectivity index (χ2n) is 6.15. The van der Waals surface area contributed by atoms with Crippen LogP contribution < -0.4 is 0 Å². The van der Waals surface area contributed by atoms with E-state index in [1.165, 1.54) is 12.1 Å². The highest BCUT2D eigenvalue weighted by Gasteiger charge is 2.09. The van der Waals surface area contributed by atoms with Crippen LogP contribution in [-0.4, -0.2) is 16.2 Å². The van der Waals surface area contributed by atoms with E-state index in [1.807, 2.05) is 54.6 Å². The van der Waals surface area contributed by atoms with E-state index < -0.39 is 5.97 Å². The molecule has 4 nitrogen and oxygen atoms in total. The number of para-hydroxylation sites is 1. The minimum Gasteiger partial charge on any atom is -0.507 e. The Bertz CT molecular complexity index is 1210. The smallest absolute Gasteiger partial charge is 0.339 e. The maximum atomic E-state index is 11.1. The summed E-state index contributed by atoms with van der Waals surface area (Å²) in [5.74, 6) is -1.39. The molecule has 0 unspecified atom stereocenters. The van der Waals surface area contributed by atoms with Crippen LogP contribution >= 0.6 is 0 Å². The summed E-state index contributed by atoms with van der Waals surface area (Å²) < 4.78 is 5.82. The Hall–Kier alpha value is -3.79. The average Bonchev–Trinajstić information content (AvgIpc) is 3.04. The summed E-state index contributed by atoms with van der Waals surface area (Å²) in [6, 6.07) is 18.4. The molecule has 0 aliphatic heterocycles. The SMILES string of the molecule is O=C(O)c1cc(C=CC=Cc2ccc3oc4ccccc4c3c2)ccc1O. The van der Waals surface area contributed by atoms with Crippen LogP contribution in [0.5, 0.6) is 5.75 Å². The molecule has 132 valence electrons. The summed E-state index contributed by atoms with van der Waals surface area (Å²) >= 11 is 0. The molecule has 0 aliphatic rings. The Kier molecular flexibility index (Phi) is 4.22. The molecule has 0 fully saturated rings. The predicted molar refractivity (Wildman–Crippen MR) is 107 cm³/mol. The summed E-state index contributed by atoms with van der Waals surface area (Å²) in [7, 11) is 0. The van der Waals surface area contributed by atoms with E-state index in [9.17, 15) is 9.90 Å². The highest BCUT2D eigenvalue weighted by atomic mass is 16.4. The third-order valence-corrected chi connectivity index (χ3v) is 4.34. The van der Waals surface area contributed by atoms with Gasteiger partial charge >= 0.3 is 5.97 Å². The van der Waals surface area contributed by atoms with Gasteiger partial charge in [0.25, 0.3) is 0 Å². The van der Waals surface area contributed by atoms with Gasteiger partial charge in [0.15, 0.2) is 0 Å². The van der Waals surface area contributed by atoms with Crippen LogP contribution in [0.15, 0.2) is 77.2 Å². The molecule has 0 aliphatic carbocycles. The van der Waals surface area contributed by atoms with Crippen molar-refractivity contribution < 1.29 is 19.4 Å². The molecule has 0 radical (unpaired) electrons. The summed E-state index contributed by atoms with van der Waals surface area (Å²) in [4.78, 5) is 11.1. The summed E-state index contributed by atoms with van der Waals surface area (Å²) in [6.07, 6.45) is 7.47. The third kappa shape index (κ3) is 3.33. The van der Waals surface area contributed by atoms with Gasteiger partial charge in [0.2, 0.25) is 0 Å². The summed E-state index contributed by atoms with van der Waals surface area (Å²) in [6.45, 7) is 0. The highest BCUT2D eigenvalue weighted by molar-refractivity contribution is 6.05. The van der Waals surface area contributed by atoms with Gasteiger partial charge in [-0.2, -0.15) is 0 Å². The lowest BCUT2D eigenvalue weighted by Crippen LogP contribution is -1.96. The van der Waals surface area contributed by atoms with Crippen LogP contribution in [0.3, 0.4) is 0 Å². The van der Waals surface area contributed by atoms with Gasteiger partial charge in [0.05, 0.1) is 0 Å². The number of carbonyl (C=O) groups is 1. The van der Waals surface area contributed by atoms with Crippen molar-refractivity contribution in [1.82, 2.24) is 0 Å². The third-order valence-electron chi connectivity index (χ3n) is 4.34. The molecule has 4 heteroatoms. The molecule has 4 aromatic rings. The largest absolute Gasteiger partial charge is 0.507 e. The fourth-order valence-corrected chi connectivity index (χ4v) is 3.01. The van der Waals surface area contributed by atoms with Crippen molar-refractivity contribution in [2.45, 2.75) is 0 Å². The standard InChI is InChI=1S/C23H16O4/c24-20-11-9-15(14-19(20)23(25)26)5-1-2-6-16-10-12-22-18(13-16)17-7-3-4-8-21(17)27-22/h1-14,24H,(H,25,26). The van der Waals surface area contributed by atoms with Crippen molar-refractivity contribution in [1.29, 1.82) is 0 Å².